The van der Waals surface area contributed by atoms with Crippen LogP contribution in [0, 0.1) is 0 Å². The lowest BCUT2D eigenvalue weighted by molar-refractivity contribution is 0.149. The number of aliphatic hydroxyl groups excluding tert-OH is 1. The minimum atomic E-state index is -0.444. The van der Waals surface area contributed by atoms with Crippen LogP contribution in [0.15, 0.2) is 39.5 Å². The fourth-order valence-corrected chi connectivity index (χ4v) is 3.61. The van der Waals surface area contributed by atoms with E-state index in [2.05, 4.69) is 39.4 Å². The van der Waals surface area contributed by atoms with E-state index in [1.807, 2.05) is 17.5 Å². The van der Waals surface area contributed by atoms with Gasteiger partial charge in [-0.05, 0) is 57.4 Å². The molecule has 0 aliphatic carbocycles. The Labute approximate surface area is 119 Å². The summed E-state index contributed by atoms with van der Waals surface area (Å²) < 4.78 is 1.06. The molecule has 1 aromatic carbocycles. The molecule has 2 N–H and O–H groups in total. The molecule has 1 aromatic heterocycles. The van der Waals surface area contributed by atoms with Crippen molar-refractivity contribution < 1.29 is 5.11 Å². The fourth-order valence-electron chi connectivity index (χ4n) is 2.41. The first kappa shape index (κ1) is 12.2. The average Bonchev–Trinajstić information content (AvgIpc) is 2.84. The topological polar surface area (TPSA) is 32.3 Å². The number of halogens is 1. The fraction of sp³-hybridized carbons (Fsp3) is 0.286. The SMILES string of the molecule is OC(c1csc(Br)c1)C1CCc2ccccc2N1. The van der Waals surface area contributed by atoms with Crippen molar-refractivity contribution in [2.45, 2.75) is 25.0 Å². The normalized spacial score (nSPS) is 20.0. The molecule has 2 unspecified atom stereocenters. The Morgan fingerprint density at radius 1 is 1.39 bits per heavy atom. The van der Waals surface area contributed by atoms with Crippen LogP contribution in [0.25, 0.3) is 0 Å². The van der Waals surface area contributed by atoms with E-state index in [0.717, 1.165) is 27.9 Å². The number of anilines is 1. The highest BCUT2D eigenvalue weighted by molar-refractivity contribution is 9.11. The minimum Gasteiger partial charge on any atom is -0.386 e. The van der Waals surface area contributed by atoms with Crippen LogP contribution in [-0.2, 0) is 6.42 Å². The maximum atomic E-state index is 10.4. The Morgan fingerprint density at radius 3 is 3.00 bits per heavy atom. The monoisotopic (exact) mass is 323 g/mol. The maximum absolute atomic E-state index is 10.4. The van der Waals surface area contributed by atoms with Gasteiger partial charge in [-0.25, -0.2) is 0 Å². The first-order valence-corrected chi connectivity index (χ1v) is 7.68. The Hall–Kier alpha value is -0.840. The molecule has 2 heterocycles. The molecule has 3 rings (SSSR count). The predicted molar refractivity (Wildman–Crippen MR) is 79.2 cm³/mol. The number of nitrogens with one attached hydrogen (secondary N) is 1. The van der Waals surface area contributed by atoms with Gasteiger partial charge in [0.05, 0.1) is 15.9 Å². The van der Waals surface area contributed by atoms with Gasteiger partial charge in [0.25, 0.3) is 0 Å². The number of para-hydroxylation sites is 1. The second kappa shape index (κ2) is 5.03. The van der Waals surface area contributed by atoms with Crippen LogP contribution in [0.1, 0.15) is 23.7 Å². The lowest BCUT2D eigenvalue weighted by atomic mass is 9.93. The van der Waals surface area contributed by atoms with Gasteiger partial charge in [0.15, 0.2) is 0 Å². The van der Waals surface area contributed by atoms with Gasteiger partial charge in [-0.2, -0.15) is 0 Å². The molecule has 0 radical (unpaired) electrons. The number of aliphatic hydroxyl groups is 1. The maximum Gasteiger partial charge on any atom is 0.0999 e. The van der Waals surface area contributed by atoms with Crippen molar-refractivity contribution in [3.63, 3.8) is 0 Å². The molecule has 2 aromatic rings. The van der Waals surface area contributed by atoms with E-state index in [-0.39, 0.29) is 6.04 Å². The van der Waals surface area contributed by atoms with Crippen molar-refractivity contribution in [2.75, 3.05) is 5.32 Å². The first-order valence-electron chi connectivity index (χ1n) is 6.00. The van der Waals surface area contributed by atoms with E-state index < -0.39 is 6.10 Å². The average molecular weight is 324 g/mol. The zero-order chi connectivity index (χ0) is 12.5. The molecule has 0 saturated carbocycles. The molecule has 4 heteroatoms. The Kier molecular flexibility index (Phi) is 3.41. The Morgan fingerprint density at radius 2 is 2.22 bits per heavy atom. The molecule has 2 atom stereocenters. The van der Waals surface area contributed by atoms with Crippen LogP contribution in [0.4, 0.5) is 5.69 Å². The number of benzene rings is 1. The molecule has 0 saturated heterocycles. The highest BCUT2D eigenvalue weighted by atomic mass is 79.9. The second-order valence-corrected chi connectivity index (χ2v) is 6.87. The van der Waals surface area contributed by atoms with Crippen LogP contribution >= 0.6 is 27.3 Å². The van der Waals surface area contributed by atoms with Gasteiger partial charge in [-0.3, -0.25) is 0 Å². The van der Waals surface area contributed by atoms with E-state index >= 15 is 0 Å². The number of rotatable bonds is 2. The van der Waals surface area contributed by atoms with E-state index in [1.165, 1.54) is 5.56 Å². The van der Waals surface area contributed by atoms with E-state index in [0.29, 0.717) is 0 Å². The molecule has 94 valence electrons. The van der Waals surface area contributed by atoms with Crippen LogP contribution in [0.3, 0.4) is 0 Å². The molecule has 0 fully saturated rings. The summed E-state index contributed by atoms with van der Waals surface area (Å²) in [6.07, 6.45) is 1.54. The zero-order valence-corrected chi connectivity index (χ0v) is 12.2. The first-order chi connectivity index (χ1) is 8.74. The van der Waals surface area contributed by atoms with Crippen molar-refractivity contribution in [2.24, 2.45) is 0 Å². The number of fused-ring (bicyclic) bond motifs is 1. The van der Waals surface area contributed by atoms with Gasteiger partial charge in [-0.1, -0.05) is 18.2 Å². The molecular weight excluding hydrogens is 310 g/mol. The summed E-state index contributed by atoms with van der Waals surface area (Å²) in [6.45, 7) is 0. The number of hydrogen-bond acceptors (Lipinski definition) is 3. The van der Waals surface area contributed by atoms with Gasteiger partial charge in [0.1, 0.15) is 0 Å². The third-order valence-electron chi connectivity index (χ3n) is 3.39. The largest absolute Gasteiger partial charge is 0.386 e. The summed E-state index contributed by atoms with van der Waals surface area (Å²) in [4.78, 5) is 0. The van der Waals surface area contributed by atoms with Crippen LogP contribution in [-0.4, -0.2) is 11.1 Å². The van der Waals surface area contributed by atoms with Crippen LogP contribution in [0.2, 0.25) is 0 Å². The van der Waals surface area contributed by atoms with Gasteiger partial charge < -0.3 is 10.4 Å². The molecule has 2 nitrogen and oxygen atoms in total. The molecule has 1 aliphatic rings. The van der Waals surface area contributed by atoms with Gasteiger partial charge in [0.2, 0.25) is 0 Å². The summed E-state index contributed by atoms with van der Waals surface area (Å²) in [6, 6.07) is 10.4. The lowest BCUT2D eigenvalue weighted by Gasteiger charge is -2.30. The van der Waals surface area contributed by atoms with Crippen molar-refractivity contribution in [3.8, 4) is 0 Å². The third-order valence-corrected chi connectivity index (χ3v) is 4.92. The second-order valence-electron chi connectivity index (χ2n) is 4.58. The van der Waals surface area contributed by atoms with Gasteiger partial charge in [0, 0.05) is 5.69 Å². The summed E-state index contributed by atoms with van der Waals surface area (Å²) in [5.74, 6) is 0. The Balaban J connectivity index is 1.79. The lowest BCUT2D eigenvalue weighted by Crippen LogP contribution is -2.31. The highest BCUT2D eigenvalue weighted by Crippen LogP contribution is 2.33. The van der Waals surface area contributed by atoms with Gasteiger partial charge >= 0.3 is 0 Å². The van der Waals surface area contributed by atoms with E-state index in [9.17, 15) is 5.11 Å². The summed E-state index contributed by atoms with van der Waals surface area (Å²) in [5, 5.41) is 15.9. The number of aryl methyl sites for hydroxylation is 1. The Bertz CT molecular complexity index is 554. The molecule has 0 spiro atoms. The summed E-state index contributed by atoms with van der Waals surface area (Å²) in [7, 11) is 0. The summed E-state index contributed by atoms with van der Waals surface area (Å²) >= 11 is 5.05. The van der Waals surface area contributed by atoms with Gasteiger partial charge in [-0.15, -0.1) is 11.3 Å². The van der Waals surface area contributed by atoms with E-state index in [4.69, 9.17) is 0 Å². The van der Waals surface area contributed by atoms with E-state index in [1.54, 1.807) is 11.3 Å². The molecule has 1 aliphatic heterocycles. The van der Waals surface area contributed by atoms with Crippen LogP contribution < -0.4 is 5.32 Å². The van der Waals surface area contributed by atoms with Crippen molar-refractivity contribution in [3.05, 3.63) is 50.6 Å². The molecular formula is C14H14BrNOS. The zero-order valence-electron chi connectivity index (χ0n) is 9.77. The minimum absolute atomic E-state index is 0.0985. The van der Waals surface area contributed by atoms with Crippen molar-refractivity contribution in [1.82, 2.24) is 0 Å². The quantitative estimate of drug-likeness (QED) is 0.876. The number of hydrogen-bond donors (Lipinski definition) is 2. The molecule has 0 bridgehead atoms. The highest BCUT2D eigenvalue weighted by Gasteiger charge is 2.25. The van der Waals surface area contributed by atoms with Crippen molar-refractivity contribution >= 4 is 33.0 Å². The smallest absolute Gasteiger partial charge is 0.0999 e. The molecule has 18 heavy (non-hydrogen) atoms. The standard InChI is InChI=1S/C14H14BrNOS/c15-13-7-10(8-18-13)14(17)12-6-5-9-3-1-2-4-11(9)16-12/h1-4,7-8,12,14,16-17H,5-6H2. The third kappa shape index (κ3) is 2.32. The predicted octanol–water partition coefficient (Wildman–Crippen LogP) is 3.97. The van der Waals surface area contributed by atoms with Crippen LogP contribution in [0.5, 0.6) is 0 Å². The van der Waals surface area contributed by atoms with Crippen molar-refractivity contribution in [1.29, 1.82) is 0 Å². The number of thiophene rings is 1. The molecule has 0 amide bonds. The summed E-state index contributed by atoms with van der Waals surface area (Å²) in [5.41, 5.74) is 3.48.